The van der Waals surface area contributed by atoms with E-state index in [0.29, 0.717) is 12.4 Å². The number of hydrogen-bond donors (Lipinski definition) is 0. The van der Waals surface area contributed by atoms with E-state index in [1.807, 2.05) is 44.3 Å². The molecule has 0 aliphatic carbocycles. The van der Waals surface area contributed by atoms with Crippen molar-refractivity contribution in [3.05, 3.63) is 47.9 Å². The summed E-state index contributed by atoms with van der Waals surface area (Å²) in [6.07, 6.45) is 2.40. The third kappa shape index (κ3) is 2.93. The number of hydrogen-bond acceptors (Lipinski definition) is 3. The Hall–Kier alpha value is -1.66. The molecule has 6 heteroatoms. The molecule has 0 bridgehead atoms. The summed E-state index contributed by atoms with van der Waals surface area (Å²) >= 11 is 0. The van der Waals surface area contributed by atoms with Crippen LogP contribution in [0.25, 0.3) is 0 Å². The fraction of sp³-hybridized carbons (Fsp3) is 0.471. The highest BCUT2D eigenvalue weighted by Crippen LogP contribution is 2.45. The second-order valence-corrected chi connectivity index (χ2v) is 8.92. The van der Waals surface area contributed by atoms with Crippen molar-refractivity contribution in [1.82, 2.24) is 13.9 Å². The standard InChI is InChI=1S/C17H23N3O2S/c1-13-18-16(11-19(13)4)23(21,22)20-12-17(2,3)10-15(20)14-8-6-5-7-9-14/h5-9,11,15H,10,12H2,1-4H3. The number of rotatable bonds is 3. The smallest absolute Gasteiger partial charge is 0.262 e. The first-order chi connectivity index (χ1) is 10.7. The van der Waals surface area contributed by atoms with Gasteiger partial charge in [-0.2, -0.15) is 4.31 Å². The topological polar surface area (TPSA) is 55.2 Å². The Labute approximate surface area is 138 Å². The molecule has 1 unspecified atom stereocenters. The SMILES string of the molecule is Cc1nc(S(=O)(=O)N2CC(C)(C)CC2c2ccccc2)cn1C. The van der Waals surface area contributed by atoms with E-state index in [1.165, 1.54) is 0 Å². The van der Waals surface area contributed by atoms with Crippen molar-refractivity contribution in [2.75, 3.05) is 6.54 Å². The maximum absolute atomic E-state index is 13.1. The van der Waals surface area contributed by atoms with Crippen LogP contribution in [0.15, 0.2) is 41.6 Å². The van der Waals surface area contributed by atoms with Crippen LogP contribution in [0.3, 0.4) is 0 Å². The lowest BCUT2D eigenvalue weighted by Gasteiger charge is -2.23. The average molecular weight is 333 g/mol. The van der Waals surface area contributed by atoms with Crippen LogP contribution < -0.4 is 0 Å². The number of sulfonamides is 1. The molecule has 1 fully saturated rings. The van der Waals surface area contributed by atoms with Crippen LogP contribution in [0.5, 0.6) is 0 Å². The molecule has 1 aromatic heterocycles. The average Bonchev–Trinajstić information content (AvgIpc) is 3.01. The molecule has 0 spiro atoms. The van der Waals surface area contributed by atoms with E-state index < -0.39 is 10.0 Å². The third-order valence-electron chi connectivity index (χ3n) is 4.52. The molecule has 23 heavy (non-hydrogen) atoms. The lowest BCUT2D eigenvalue weighted by atomic mass is 9.89. The van der Waals surface area contributed by atoms with Crippen molar-refractivity contribution in [3.8, 4) is 0 Å². The first-order valence-corrected chi connectivity index (χ1v) is 9.21. The van der Waals surface area contributed by atoms with Gasteiger partial charge in [-0.1, -0.05) is 44.2 Å². The van der Waals surface area contributed by atoms with Crippen molar-refractivity contribution < 1.29 is 8.42 Å². The van der Waals surface area contributed by atoms with Crippen LogP contribution in [0.4, 0.5) is 0 Å². The zero-order valence-electron chi connectivity index (χ0n) is 14.0. The Morgan fingerprint density at radius 3 is 2.43 bits per heavy atom. The van der Waals surface area contributed by atoms with Crippen LogP contribution in [0.1, 0.15) is 37.7 Å². The van der Waals surface area contributed by atoms with Crippen molar-refractivity contribution in [3.63, 3.8) is 0 Å². The quantitative estimate of drug-likeness (QED) is 0.868. The highest BCUT2D eigenvalue weighted by molar-refractivity contribution is 7.89. The van der Waals surface area contributed by atoms with Gasteiger partial charge in [0.1, 0.15) is 5.82 Å². The van der Waals surface area contributed by atoms with Gasteiger partial charge in [0.25, 0.3) is 10.0 Å². The minimum atomic E-state index is -3.61. The highest BCUT2D eigenvalue weighted by Gasteiger charge is 2.45. The Balaban J connectivity index is 2.05. The van der Waals surface area contributed by atoms with E-state index in [0.717, 1.165) is 12.0 Å². The molecule has 1 saturated heterocycles. The van der Waals surface area contributed by atoms with E-state index in [-0.39, 0.29) is 16.5 Å². The molecular formula is C17H23N3O2S. The van der Waals surface area contributed by atoms with Crippen LogP contribution in [-0.4, -0.2) is 28.8 Å². The normalized spacial score (nSPS) is 21.7. The Morgan fingerprint density at radius 1 is 1.22 bits per heavy atom. The molecule has 2 heterocycles. The summed E-state index contributed by atoms with van der Waals surface area (Å²) in [5.74, 6) is 0.693. The number of nitrogens with zero attached hydrogens (tertiary/aromatic N) is 3. The molecule has 0 radical (unpaired) electrons. The van der Waals surface area contributed by atoms with Crippen molar-refractivity contribution in [1.29, 1.82) is 0 Å². The summed E-state index contributed by atoms with van der Waals surface area (Å²) in [6.45, 7) is 6.54. The van der Waals surface area contributed by atoms with Gasteiger partial charge in [-0.15, -0.1) is 0 Å². The van der Waals surface area contributed by atoms with Crippen LogP contribution >= 0.6 is 0 Å². The zero-order chi connectivity index (χ0) is 16.8. The highest BCUT2D eigenvalue weighted by atomic mass is 32.2. The molecule has 124 valence electrons. The molecule has 5 nitrogen and oxygen atoms in total. The van der Waals surface area contributed by atoms with Gasteiger partial charge in [-0.3, -0.25) is 0 Å². The maximum atomic E-state index is 13.1. The Morgan fingerprint density at radius 2 is 1.87 bits per heavy atom. The molecule has 1 aromatic carbocycles. The number of imidazole rings is 1. The molecule has 0 N–H and O–H groups in total. The lowest BCUT2D eigenvalue weighted by molar-refractivity contribution is 0.367. The third-order valence-corrected chi connectivity index (χ3v) is 6.25. The summed E-state index contributed by atoms with van der Waals surface area (Å²) in [7, 11) is -1.80. The van der Waals surface area contributed by atoms with Gasteiger partial charge in [0, 0.05) is 19.8 Å². The molecule has 3 rings (SSSR count). The predicted octanol–water partition coefficient (Wildman–Crippen LogP) is 2.89. The molecule has 1 aliphatic heterocycles. The van der Waals surface area contributed by atoms with E-state index >= 15 is 0 Å². The fourth-order valence-corrected chi connectivity index (χ4v) is 5.03. The minimum Gasteiger partial charge on any atom is -0.337 e. The summed E-state index contributed by atoms with van der Waals surface area (Å²) in [6, 6.07) is 9.71. The van der Waals surface area contributed by atoms with E-state index in [1.54, 1.807) is 15.1 Å². The molecule has 0 saturated carbocycles. The summed E-state index contributed by atoms with van der Waals surface area (Å²) in [4.78, 5) is 4.24. The first kappa shape index (κ1) is 16.2. The lowest BCUT2D eigenvalue weighted by Crippen LogP contribution is -2.32. The largest absolute Gasteiger partial charge is 0.337 e. The van der Waals surface area contributed by atoms with Gasteiger partial charge in [0.15, 0.2) is 5.03 Å². The summed E-state index contributed by atoms with van der Waals surface area (Å²) in [5.41, 5.74) is 0.978. The van der Waals surface area contributed by atoms with Gasteiger partial charge < -0.3 is 4.57 Å². The fourth-order valence-electron chi connectivity index (χ4n) is 3.20. The van der Waals surface area contributed by atoms with E-state index in [2.05, 4.69) is 18.8 Å². The zero-order valence-corrected chi connectivity index (χ0v) is 14.8. The Kier molecular flexibility index (Phi) is 3.84. The second-order valence-electron chi connectivity index (χ2n) is 7.08. The number of aromatic nitrogens is 2. The number of aryl methyl sites for hydroxylation is 2. The Bertz CT molecular complexity index is 790. The summed E-state index contributed by atoms with van der Waals surface area (Å²) in [5, 5.41) is 0.135. The molecule has 1 aliphatic rings. The summed E-state index contributed by atoms with van der Waals surface area (Å²) < 4.78 is 29.6. The number of benzene rings is 1. The molecule has 0 amide bonds. The van der Waals surface area contributed by atoms with Gasteiger partial charge in [0.2, 0.25) is 0 Å². The first-order valence-electron chi connectivity index (χ1n) is 7.77. The molecule has 1 atom stereocenters. The van der Waals surface area contributed by atoms with Crippen molar-refractivity contribution >= 4 is 10.0 Å². The van der Waals surface area contributed by atoms with Crippen molar-refractivity contribution in [2.45, 2.75) is 38.3 Å². The molecule has 2 aromatic rings. The van der Waals surface area contributed by atoms with Crippen LogP contribution in [0.2, 0.25) is 0 Å². The van der Waals surface area contributed by atoms with Crippen molar-refractivity contribution in [2.24, 2.45) is 12.5 Å². The molecular weight excluding hydrogens is 310 g/mol. The maximum Gasteiger partial charge on any atom is 0.262 e. The van der Waals surface area contributed by atoms with E-state index in [9.17, 15) is 8.42 Å². The monoisotopic (exact) mass is 333 g/mol. The van der Waals surface area contributed by atoms with Gasteiger partial charge in [0.05, 0.1) is 6.04 Å². The van der Waals surface area contributed by atoms with Crippen LogP contribution in [0, 0.1) is 12.3 Å². The van der Waals surface area contributed by atoms with Gasteiger partial charge in [-0.25, -0.2) is 13.4 Å². The van der Waals surface area contributed by atoms with Crippen LogP contribution in [-0.2, 0) is 17.1 Å². The predicted molar refractivity (Wildman–Crippen MR) is 89.4 cm³/mol. The van der Waals surface area contributed by atoms with E-state index in [4.69, 9.17) is 0 Å². The van der Waals surface area contributed by atoms with Gasteiger partial charge in [-0.05, 0) is 24.3 Å². The minimum absolute atomic E-state index is 0.0581. The second kappa shape index (κ2) is 5.46. The van der Waals surface area contributed by atoms with Gasteiger partial charge >= 0.3 is 0 Å².